The van der Waals surface area contributed by atoms with Crippen LogP contribution in [0.3, 0.4) is 0 Å². The third kappa shape index (κ3) is 4.32. The van der Waals surface area contributed by atoms with Crippen molar-refractivity contribution in [3.05, 3.63) is 54.1 Å². The zero-order valence-electron chi connectivity index (χ0n) is 16.2. The van der Waals surface area contributed by atoms with Gasteiger partial charge in [-0.25, -0.2) is 0 Å². The molecule has 1 fully saturated rings. The first kappa shape index (κ1) is 20.6. The second-order valence-electron chi connectivity index (χ2n) is 6.54. The van der Waals surface area contributed by atoms with Crippen LogP contribution in [0.1, 0.15) is 12.0 Å². The third-order valence-corrected chi connectivity index (χ3v) is 5.21. The average molecular weight is 414 g/mol. The van der Waals surface area contributed by atoms with E-state index in [1.807, 2.05) is 36.4 Å². The van der Waals surface area contributed by atoms with Crippen molar-refractivity contribution in [3.63, 3.8) is 0 Å². The Hall–Kier alpha value is -3.13. The maximum absolute atomic E-state index is 13.0. The normalized spacial score (nSPS) is 16.3. The number of aliphatic carboxylic acids is 1. The summed E-state index contributed by atoms with van der Waals surface area (Å²) < 4.78 is 10.6. The van der Waals surface area contributed by atoms with Crippen LogP contribution < -0.4 is 14.4 Å². The summed E-state index contributed by atoms with van der Waals surface area (Å²) in [7, 11) is 3.14. The second kappa shape index (κ2) is 8.91. The molecule has 0 aromatic heterocycles. The summed E-state index contributed by atoms with van der Waals surface area (Å²) in [5.74, 6) is -0.131. The number of para-hydroxylation sites is 1. The van der Waals surface area contributed by atoms with Gasteiger partial charge in [-0.15, -0.1) is 0 Å². The zero-order valence-corrected chi connectivity index (χ0v) is 17.0. The molecule has 8 heteroatoms. The van der Waals surface area contributed by atoms with Crippen LogP contribution in [-0.4, -0.2) is 53.8 Å². The van der Waals surface area contributed by atoms with Gasteiger partial charge in [0.2, 0.25) is 0 Å². The van der Waals surface area contributed by atoms with Gasteiger partial charge in [0.25, 0.3) is 5.91 Å². The lowest BCUT2D eigenvalue weighted by Gasteiger charge is -2.23. The summed E-state index contributed by atoms with van der Waals surface area (Å²) in [5.41, 5.74) is 1.59. The molecule has 1 heterocycles. The van der Waals surface area contributed by atoms with Gasteiger partial charge in [-0.3, -0.25) is 14.5 Å². The Labute approximate surface area is 174 Å². The van der Waals surface area contributed by atoms with E-state index in [0.717, 1.165) is 5.56 Å². The smallest absolute Gasteiger partial charge is 0.305 e. The Morgan fingerprint density at radius 3 is 2.41 bits per heavy atom. The van der Waals surface area contributed by atoms with Gasteiger partial charge in [-0.2, -0.15) is 0 Å². The van der Waals surface area contributed by atoms with Crippen LogP contribution in [0.4, 0.5) is 5.69 Å². The van der Waals surface area contributed by atoms with E-state index in [1.54, 1.807) is 31.3 Å². The number of benzene rings is 2. The molecule has 0 unspecified atom stereocenters. The Morgan fingerprint density at radius 2 is 1.79 bits per heavy atom. The fourth-order valence-corrected chi connectivity index (χ4v) is 3.77. The third-order valence-electron chi connectivity index (χ3n) is 4.79. The Balaban J connectivity index is 1.83. The molecule has 2 aromatic rings. The molecule has 0 bridgehead atoms. The minimum absolute atomic E-state index is 0.311. The van der Waals surface area contributed by atoms with Gasteiger partial charge in [0.05, 0.1) is 26.3 Å². The van der Waals surface area contributed by atoms with Crippen LogP contribution in [0.25, 0.3) is 0 Å². The maximum Gasteiger partial charge on any atom is 0.305 e. The molecule has 1 saturated heterocycles. The number of thiocarbonyl (C=S) groups is 1. The first-order valence-corrected chi connectivity index (χ1v) is 9.49. The van der Waals surface area contributed by atoms with Crippen molar-refractivity contribution in [1.29, 1.82) is 0 Å². The van der Waals surface area contributed by atoms with E-state index in [-0.39, 0.29) is 12.3 Å². The number of hydrogen-bond acceptors (Lipinski definition) is 5. The summed E-state index contributed by atoms with van der Waals surface area (Å²) in [5, 5.41) is 9.61. The molecule has 0 radical (unpaired) electrons. The molecule has 1 N–H and O–H groups in total. The number of anilines is 1. The van der Waals surface area contributed by atoms with Gasteiger partial charge >= 0.3 is 5.97 Å². The van der Waals surface area contributed by atoms with Crippen molar-refractivity contribution in [1.82, 2.24) is 4.90 Å². The molecule has 152 valence electrons. The number of rotatable bonds is 8. The van der Waals surface area contributed by atoms with E-state index in [2.05, 4.69) is 0 Å². The molecular formula is C21H22N2O5S. The SMILES string of the molecule is COc1ccc(CCN2C(=S)N(c3ccccc3)C(=O)[C@@H]2CC(=O)O)cc1OC. The fourth-order valence-electron chi connectivity index (χ4n) is 3.35. The number of ether oxygens (including phenoxy) is 2. The minimum Gasteiger partial charge on any atom is -0.493 e. The van der Waals surface area contributed by atoms with Crippen LogP contribution in [0.15, 0.2) is 48.5 Å². The monoisotopic (exact) mass is 414 g/mol. The van der Waals surface area contributed by atoms with Gasteiger partial charge in [0, 0.05) is 6.54 Å². The highest BCUT2D eigenvalue weighted by Crippen LogP contribution is 2.30. The molecule has 29 heavy (non-hydrogen) atoms. The molecule has 1 atom stereocenters. The second-order valence-corrected chi connectivity index (χ2v) is 6.90. The highest BCUT2D eigenvalue weighted by Gasteiger charge is 2.43. The number of nitrogens with zero attached hydrogens (tertiary/aromatic N) is 2. The van der Waals surface area contributed by atoms with Crippen molar-refractivity contribution in [2.24, 2.45) is 0 Å². The van der Waals surface area contributed by atoms with E-state index >= 15 is 0 Å². The largest absolute Gasteiger partial charge is 0.493 e. The summed E-state index contributed by atoms with van der Waals surface area (Å²) in [6.07, 6.45) is 0.251. The lowest BCUT2D eigenvalue weighted by Crippen LogP contribution is -2.38. The molecule has 1 aliphatic heterocycles. The number of hydrogen-bond donors (Lipinski definition) is 1. The fraction of sp³-hybridized carbons (Fsp3) is 0.286. The molecule has 7 nitrogen and oxygen atoms in total. The summed E-state index contributed by atoms with van der Waals surface area (Å²) in [6, 6.07) is 13.8. The maximum atomic E-state index is 13.0. The van der Waals surface area contributed by atoms with Gasteiger partial charge in [0.1, 0.15) is 6.04 Å². The number of amides is 1. The quantitative estimate of drug-likeness (QED) is 0.666. The molecule has 0 aliphatic carbocycles. The Kier molecular flexibility index (Phi) is 6.33. The van der Waals surface area contributed by atoms with Crippen molar-refractivity contribution >= 4 is 34.9 Å². The number of carbonyl (C=O) groups excluding carboxylic acids is 1. The van der Waals surface area contributed by atoms with E-state index in [1.165, 1.54) is 4.90 Å². The first-order chi connectivity index (χ1) is 14.0. The van der Waals surface area contributed by atoms with Crippen molar-refractivity contribution in [2.45, 2.75) is 18.9 Å². The molecule has 1 amide bonds. The number of carbonyl (C=O) groups is 2. The molecular weight excluding hydrogens is 392 g/mol. The average Bonchev–Trinajstić information content (AvgIpc) is 2.95. The van der Waals surface area contributed by atoms with E-state index < -0.39 is 12.0 Å². The predicted molar refractivity (Wildman–Crippen MR) is 113 cm³/mol. The molecule has 0 saturated carbocycles. The van der Waals surface area contributed by atoms with Crippen molar-refractivity contribution in [2.75, 3.05) is 25.7 Å². The zero-order chi connectivity index (χ0) is 21.0. The Bertz CT molecular complexity index is 919. The predicted octanol–water partition coefficient (Wildman–Crippen LogP) is 2.72. The molecule has 3 rings (SSSR count). The Morgan fingerprint density at radius 1 is 1.10 bits per heavy atom. The summed E-state index contributed by atoms with van der Waals surface area (Å²) in [4.78, 5) is 27.4. The topological polar surface area (TPSA) is 79.3 Å². The van der Waals surface area contributed by atoms with Gasteiger partial charge in [-0.1, -0.05) is 24.3 Å². The summed E-state index contributed by atoms with van der Waals surface area (Å²) >= 11 is 5.55. The van der Waals surface area contributed by atoms with Crippen molar-refractivity contribution in [3.8, 4) is 11.5 Å². The lowest BCUT2D eigenvalue weighted by molar-refractivity contribution is -0.139. The van der Waals surface area contributed by atoms with Gasteiger partial charge < -0.3 is 19.5 Å². The van der Waals surface area contributed by atoms with E-state index in [4.69, 9.17) is 21.7 Å². The van der Waals surface area contributed by atoms with E-state index in [9.17, 15) is 14.7 Å². The summed E-state index contributed by atoms with van der Waals surface area (Å²) in [6.45, 7) is 0.404. The van der Waals surface area contributed by atoms with Gasteiger partial charge in [0.15, 0.2) is 16.6 Å². The molecule has 2 aromatic carbocycles. The first-order valence-electron chi connectivity index (χ1n) is 9.08. The number of methoxy groups -OCH3 is 2. The lowest BCUT2D eigenvalue weighted by atomic mass is 10.1. The van der Waals surface area contributed by atoms with Crippen LogP contribution in [0.2, 0.25) is 0 Å². The molecule has 0 spiro atoms. The van der Waals surface area contributed by atoms with Gasteiger partial charge in [-0.05, 0) is 48.5 Å². The minimum atomic E-state index is -1.04. The van der Waals surface area contributed by atoms with Crippen LogP contribution in [-0.2, 0) is 16.0 Å². The standard InChI is InChI=1S/C21H22N2O5S/c1-27-17-9-8-14(12-18(17)28-2)10-11-22-16(13-19(24)25)20(26)23(21(22)29)15-6-4-3-5-7-15/h3-9,12,16H,10-11,13H2,1-2H3,(H,24,25)/t16-/m0/s1. The van der Waals surface area contributed by atoms with E-state index in [0.29, 0.717) is 35.3 Å². The van der Waals surface area contributed by atoms with Crippen LogP contribution >= 0.6 is 12.2 Å². The number of carboxylic acid groups (broad SMARTS) is 1. The number of carboxylic acids is 1. The van der Waals surface area contributed by atoms with Crippen LogP contribution in [0, 0.1) is 0 Å². The van der Waals surface area contributed by atoms with Crippen molar-refractivity contribution < 1.29 is 24.2 Å². The highest BCUT2D eigenvalue weighted by atomic mass is 32.1. The highest BCUT2D eigenvalue weighted by molar-refractivity contribution is 7.80. The van der Waals surface area contributed by atoms with Crippen LogP contribution in [0.5, 0.6) is 11.5 Å². The molecule has 1 aliphatic rings.